The van der Waals surface area contributed by atoms with E-state index >= 15 is 0 Å². The van der Waals surface area contributed by atoms with Gasteiger partial charge in [-0.1, -0.05) is 38.5 Å². The zero-order valence-electron chi connectivity index (χ0n) is 10.7. The van der Waals surface area contributed by atoms with Crippen molar-refractivity contribution in [2.24, 2.45) is 11.7 Å². The fourth-order valence-corrected chi connectivity index (χ4v) is 2.43. The summed E-state index contributed by atoms with van der Waals surface area (Å²) in [5, 5.41) is 0. The van der Waals surface area contributed by atoms with Gasteiger partial charge in [0.2, 0.25) is 0 Å². The molecule has 1 saturated carbocycles. The Bertz CT molecular complexity index is 364. The van der Waals surface area contributed by atoms with Crippen molar-refractivity contribution >= 4 is 0 Å². The molecule has 0 radical (unpaired) electrons. The van der Waals surface area contributed by atoms with Crippen LogP contribution in [0, 0.1) is 12.8 Å². The van der Waals surface area contributed by atoms with Crippen molar-refractivity contribution in [2.45, 2.75) is 52.0 Å². The summed E-state index contributed by atoms with van der Waals surface area (Å²) in [5.74, 6) is 1.31. The summed E-state index contributed by atoms with van der Waals surface area (Å²) in [7, 11) is 0. The van der Waals surface area contributed by atoms with Crippen LogP contribution in [0.2, 0.25) is 0 Å². The van der Waals surface area contributed by atoms with Crippen LogP contribution in [0.1, 0.15) is 61.8 Å². The van der Waals surface area contributed by atoms with Gasteiger partial charge in [0.1, 0.15) is 0 Å². The van der Waals surface area contributed by atoms with Crippen LogP contribution in [0.5, 0.6) is 0 Å². The first-order valence-electron chi connectivity index (χ1n) is 6.45. The highest BCUT2D eigenvalue weighted by molar-refractivity contribution is 5.35. The van der Waals surface area contributed by atoms with Crippen LogP contribution in [0.25, 0.3) is 0 Å². The molecule has 0 amide bonds. The average Bonchev–Trinajstić information content (AvgIpc) is 2.15. The molecule has 1 aliphatic carbocycles. The van der Waals surface area contributed by atoms with Crippen molar-refractivity contribution in [1.82, 2.24) is 0 Å². The minimum Gasteiger partial charge on any atom is -0.324 e. The molecule has 1 atom stereocenters. The van der Waals surface area contributed by atoms with Crippen molar-refractivity contribution in [1.29, 1.82) is 0 Å². The molecule has 1 nitrogen and oxygen atoms in total. The maximum atomic E-state index is 6.37. The van der Waals surface area contributed by atoms with Gasteiger partial charge in [-0.25, -0.2) is 0 Å². The molecule has 88 valence electrons. The van der Waals surface area contributed by atoms with Gasteiger partial charge in [-0.05, 0) is 48.3 Å². The molecule has 0 aliphatic heterocycles. The lowest BCUT2D eigenvalue weighted by molar-refractivity contribution is 0.264. The zero-order chi connectivity index (χ0) is 11.7. The van der Waals surface area contributed by atoms with Crippen molar-refractivity contribution < 1.29 is 0 Å². The third-order valence-corrected chi connectivity index (χ3v) is 3.99. The topological polar surface area (TPSA) is 26.0 Å². The quantitative estimate of drug-likeness (QED) is 0.816. The highest BCUT2D eigenvalue weighted by Crippen LogP contribution is 2.37. The van der Waals surface area contributed by atoms with E-state index in [2.05, 4.69) is 39.0 Å². The lowest BCUT2D eigenvalue weighted by Crippen LogP contribution is -2.27. The first-order chi connectivity index (χ1) is 7.59. The van der Waals surface area contributed by atoms with Crippen molar-refractivity contribution in [3.8, 4) is 0 Å². The molecule has 0 heterocycles. The van der Waals surface area contributed by atoms with Gasteiger partial charge in [-0.3, -0.25) is 0 Å². The molecule has 0 aromatic heterocycles. The Morgan fingerprint density at radius 3 is 2.44 bits per heavy atom. The van der Waals surface area contributed by atoms with E-state index in [4.69, 9.17) is 5.73 Å². The van der Waals surface area contributed by atoms with Crippen molar-refractivity contribution in [3.05, 3.63) is 34.9 Å². The summed E-state index contributed by atoms with van der Waals surface area (Å²) in [4.78, 5) is 0. The summed E-state index contributed by atoms with van der Waals surface area (Å²) in [6.07, 6.45) is 3.99. The summed E-state index contributed by atoms with van der Waals surface area (Å²) in [6.45, 7) is 6.66. The maximum Gasteiger partial charge on any atom is 0.0326 e. The Balaban J connectivity index is 2.27. The van der Waals surface area contributed by atoms with Gasteiger partial charge in [0.05, 0.1) is 0 Å². The van der Waals surface area contributed by atoms with Crippen LogP contribution >= 0.6 is 0 Å². The lowest BCUT2D eigenvalue weighted by atomic mass is 9.76. The number of hydrogen-bond donors (Lipinski definition) is 1. The molecular formula is C15H23N. The summed E-state index contributed by atoms with van der Waals surface area (Å²) < 4.78 is 0. The van der Waals surface area contributed by atoms with Crippen LogP contribution in [-0.2, 0) is 0 Å². The molecule has 1 aliphatic rings. The fraction of sp³-hybridized carbons (Fsp3) is 0.600. The number of benzene rings is 1. The van der Waals surface area contributed by atoms with E-state index in [0.29, 0.717) is 5.92 Å². The molecular weight excluding hydrogens is 194 g/mol. The maximum absolute atomic E-state index is 6.37. The number of hydrogen-bond acceptors (Lipinski definition) is 1. The fourth-order valence-electron chi connectivity index (χ4n) is 2.43. The minimum atomic E-state index is 0.257. The summed E-state index contributed by atoms with van der Waals surface area (Å²) in [5.41, 5.74) is 10.5. The molecule has 0 saturated heterocycles. The number of aryl methyl sites for hydroxylation is 1. The first-order valence-corrected chi connectivity index (χ1v) is 6.45. The van der Waals surface area contributed by atoms with E-state index in [1.165, 1.54) is 36.0 Å². The highest BCUT2D eigenvalue weighted by atomic mass is 14.7. The van der Waals surface area contributed by atoms with Gasteiger partial charge in [-0.2, -0.15) is 0 Å². The van der Waals surface area contributed by atoms with Crippen molar-refractivity contribution in [3.63, 3.8) is 0 Å². The standard InChI is InChI=1S/C15H23N/c1-10(2)13-8-7-11(3)14(9-13)15(16)12-5-4-6-12/h7-10,12,15H,4-6,16H2,1-3H3. The van der Waals surface area contributed by atoms with Crippen molar-refractivity contribution in [2.75, 3.05) is 0 Å². The Kier molecular flexibility index (Phi) is 3.34. The average molecular weight is 217 g/mol. The largest absolute Gasteiger partial charge is 0.324 e. The zero-order valence-corrected chi connectivity index (χ0v) is 10.7. The molecule has 1 aromatic rings. The molecule has 1 aromatic carbocycles. The van der Waals surface area contributed by atoms with Gasteiger partial charge in [0, 0.05) is 6.04 Å². The summed E-state index contributed by atoms with van der Waals surface area (Å²) in [6, 6.07) is 7.04. The van der Waals surface area contributed by atoms with E-state index in [1.54, 1.807) is 0 Å². The highest BCUT2D eigenvalue weighted by Gasteiger charge is 2.26. The molecule has 2 rings (SSSR count). The number of rotatable bonds is 3. The predicted molar refractivity (Wildman–Crippen MR) is 69.5 cm³/mol. The van der Waals surface area contributed by atoms with E-state index in [0.717, 1.165) is 5.92 Å². The van der Waals surface area contributed by atoms with E-state index in [1.807, 2.05) is 0 Å². The third kappa shape index (κ3) is 2.15. The summed E-state index contributed by atoms with van der Waals surface area (Å²) >= 11 is 0. The Morgan fingerprint density at radius 2 is 1.94 bits per heavy atom. The molecule has 0 spiro atoms. The molecule has 1 fully saturated rings. The second kappa shape index (κ2) is 4.58. The third-order valence-electron chi connectivity index (χ3n) is 3.99. The van der Waals surface area contributed by atoms with Gasteiger partial charge in [0.25, 0.3) is 0 Å². The van der Waals surface area contributed by atoms with E-state index in [9.17, 15) is 0 Å². The Labute approximate surface area is 99.0 Å². The molecule has 0 bridgehead atoms. The number of nitrogens with two attached hydrogens (primary N) is 1. The first kappa shape index (κ1) is 11.7. The second-order valence-corrected chi connectivity index (χ2v) is 5.49. The van der Waals surface area contributed by atoms with Gasteiger partial charge >= 0.3 is 0 Å². The minimum absolute atomic E-state index is 0.257. The van der Waals surface area contributed by atoms with Gasteiger partial charge < -0.3 is 5.73 Å². The molecule has 1 heteroatoms. The lowest BCUT2D eigenvalue weighted by Gasteiger charge is -2.32. The molecule has 1 unspecified atom stereocenters. The van der Waals surface area contributed by atoms with Crippen LogP contribution in [-0.4, -0.2) is 0 Å². The second-order valence-electron chi connectivity index (χ2n) is 5.49. The predicted octanol–water partition coefficient (Wildman–Crippen LogP) is 3.92. The van der Waals surface area contributed by atoms with Crippen LogP contribution in [0.15, 0.2) is 18.2 Å². The Hall–Kier alpha value is -0.820. The smallest absolute Gasteiger partial charge is 0.0326 e. The monoisotopic (exact) mass is 217 g/mol. The SMILES string of the molecule is Cc1ccc(C(C)C)cc1C(N)C1CCC1. The van der Waals surface area contributed by atoms with Crippen LogP contribution in [0.3, 0.4) is 0 Å². The molecule has 16 heavy (non-hydrogen) atoms. The van der Waals surface area contributed by atoms with Gasteiger partial charge in [-0.15, -0.1) is 0 Å². The van der Waals surface area contributed by atoms with Crippen LogP contribution < -0.4 is 5.73 Å². The molecule has 2 N–H and O–H groups in total. The normalized spacial score (nSPS) is 18.6. The Morgan fingerprint density at radius 1 is 1.25 bits per heavy atom. The van der Waals surface area contributed by atoms with Crippen LogP contribution in [0.4, 0.5) is 0 Å². The van der Waals surface area contributed by atoms with E-state index < -0.39 is 0 Å². The van der Waals surface area contributed by atoms with Gasteiger partial charge in [0.15, 0.2) is 0 Å². The van der Waals surface area contributed by atoms with E-state index in [-0.39, 0.29) is 6.04 Å².